The number of primary amides is 1. The number of anilines is 1. The monoisotopic (exact) mass is 237 g/mol. The van der Waals surface area contributed by atoms with Gasteiger partial charge in [0.05, 0.1) is 0 Å². The zero-order valence-corrected chi connectivity index (χ0v) is 9.49. The molecule has 17 heavy (non-hydrogen) atoms. The van der Waals surface area contributed by atoms with Crippen molar-refractivity contribution in [1.29, 1.82) is 0 Å². The van der Waals surface area contributed by atoms with E-state index >= 15 is 0 Å². The van der Waals surface area contributed by atoms with Crippen LogP contribution in [0.3, 0.4) is 0 Å². The first-order valence-electron chi connectivity index (χ1n) is 5.10. The predicted molar refractivity (Wildman–Crippen MR) is 63.7 cm³/mol. The summed E-state index contributed by atoms with van der Waals surface area (Å²) >= 11 is 0. The second-order valence-corrected chi connectivity index (χ2v) is 3.20. The van der Waals surface area contributed by atoms with Crippen LogP contribution >= 0.6 is 0 Å². The number of carbonyl (C=O) groups is 2. The smallest absolute Gasteiger partial charge is 0.312 e. The minimum atomic E-state index is -0.616. The molecule has 0 aromatic carbocycles. The second kappa shape index (κ2) is 6.31. The van der Waals surface area contributed by atoms with Gasteiger partial charge in [0, 0.05) is 20.1 Å². The lowest BCUT2D eigenvalue weighted by Gasteiger charge is -2.06. The molecular formula is C10H15N5O2. The molecule has 0 aliphatic heterocycles. The third-order valence-electron chi connectivity index (χ3n) is 1.95. The molecule has 5 N–H and O–H groups in total. The molecule has 3 amide bonds. The molecule has 1 rings (SSSR count). The SMILES string of the molecule is CNc1cccc(C(=O)NCCNC(N)=O)n1. The van der Waals surface area contributed by atoms with Crippen LogP contribution in [0.2, 0.25) is 0 Å². The molecule has 7 nitrogen and oxygen atoms in total. The Hall–Kier alpha value is -2.31. The van der Waals surface area contributed by atoms with Crippen LogP contribution in [0.5, 0.6) is 0 Å². The van der Waals surface area contributed by atoms with E-state index in [1.165, 1.54) is 0 Å². The molecule has 0 aliphatic carbocycles. The molecule has 0 saturated carbocycles. The quantitative estimate of drug-likeness (QED) is 0.518. The van der Waals surface area contributed by atoms with Crippen LogP contribution < -0.4 is 21.7 Å². The highest BCUT2D eigenvalue weighted by Crippen LogP contribution is 2.03. The molecule has 0 radical (unpaired) electrons. The summed E-state index contributed by atoms with van der Waals surface area (Å²) in [5.74, 6) is 0.321. The number of hydrogen-bond donors (Lipinski definition) is 4. The molecule has 0 unspecified atom stereocenters. The lowest BCUT2D eigenvalue weighted by atomic mass is 10.3. The summed E-state index contributed by atoms with van der Waals surface area (Å²) in [6, 6.07) is 4.48. The lowest BCUT2D eigenvalue weighted by molar-refractivity contribution is 0.0949. The van der Waals surface area contributed by atoms with Gasteiger partial charge in [-0.2, -0.15) is 0 Å². The molecule has 0 aliphatic rings. The fourth-order valence-corrected chi connectivity index (χ4v) is 1.15. The highest BCUT2D eigenvalue weighted by molar-refractivity contribution is 5.92. The van der Waals surface area contributed by atoms with Gasteiger partial charge in [0.2, 0.25) is 0 Å². The summed E-state index contributed by atoms with van der Waals surface area (Å²) < 4.78 is 0. The van der Waals surface area contributed by atoms with E-state index in [0.717, 1.165) is 0 Å². The third kappa shape index (κ3) is 4.37. The van der Waals surface area contributed by atoms with Crippen molar-refractivity contribution in [3.05, 3.63) is 23.9 Å². The largest absolute Gasteiger partial charge is 0.373 e. The summed E-state index contributed by atoms with van der Waals surface area (Å²) in [7, 11) is 1.72. The van der Waals surface area contributed by atoms with E-state index in [1.54, 1.807) is 25.2 Å². The lowest BCUT2D eigenvalue weighted by Crippen LogP contribution is -2.37. The van der Waals surface area contributed by atoms with Crippen molar-refractivity contribution >= 4 is 17.8 Å². The summed E-state index contributed by atoms with van der Waals surface area (Å²) in [5.41, 5.74) is 5.19. The Labute approximate surface area is 98.8 Å². The molecule has 0 fully saturated rings. The van der Waals surface area contributed by atoms with E-state index in [4.69, 9.17) is 5.73 Å². The number of pyridine rings is 1. The number of urea groups is 1. The minimum absolute atomic E-state index is 0.285. The van der Waals surface area contributed by atoms with Gasteiger partial charge in [-0.25, -0.2) is 9.78 Å². The van der Waals surface area contributed by atoms with Crippen LogP contribution in [-0.2, 0) is 0 Å². The van der Waals surface area contributed by atoms with Crippen LogP contribution in [0.1, 0.15) is 10.5 Å². The number of nitrogens with two attached hydrogens (primary N) is 1. The molecule has 0 saturated heterocycles. The Morgan fingerprint density at radius 3 is 2.65 bits per heavy atom. The highest BCUT2D eigenvalue weighted by atomic mass is 16.2. The summed E-state index contributed by atoms with van der Waals surface area (Å²) in [4.78, 5) is 26.1. The average molecular weight is 237 g/mol. The van der Waals surface area contributed by atoms with Crippen LogP contribution in [-0.4, -0.2) is 37.1 Å². The molecular weight excluding hydrogens is 222 g/mol. The summed E-state index contributed by atoms with van der Waals surface area (Å²) in [5, 5.41) is 7.81. The Kier molecular flexibility index (Phi) is 4.74. The fraction of sp³-hybridized carbons (Fsp3) is 0.300. The normalized spacial score (nSPS) is 9.47. The van der Waals surface area contributed by atoms with Crippen LogP contribution in [0.25, 0.3) is 0 Å². The number of nitrogens with one attached hydrogen (secondary N) is 3. The Balaban J connectivity index is 2.43. The topological polar surface area (TPSA) is 109 Å². The second-order valence-electron chi connectivity index (χ2n) is 3.20. The van der Waals surface area contributed by atoms with Crippen molar-refractivity contribution in [2.75, 3.05) is 25.5 Å². The first-order valence-corrected chi connectivity index (χ1v) is 5.10. The maximum absolute atomic E-state index is 11.6. The van der Waals surface area contributed by atoms with Crippen LogP contribution in [0.4, 0.5) is 10.6 Å². The predicted octanol–water partition coefficient (Wildman–Crippen LogP) is -0.479. The van der Waals surface area contributed by atoms with E-state index in [-0.39, 0.29) is 12.5 Å². The standard InChI is InChI=1S/C10H15N5O2/c1-12-8-4-2-3-7(15-8)9(16)13-5-6-14-10(11)17/h2-4H,5-6H2,1H3,(H,12,15)(H,13,16)(H3,11,14,17). The van der Waals surface area contributed by atoms with Gasteiger partial charge in [-0.15, -0.1) is 0 Å². The molecule has 0 atom stereocenters. The maximum atomic E-state index is 11.6. The molecule has 0 bridgehead atoms. The number of rotatable bonds is 5. The van der Waals surface area contributed by atoms with Gasteiger partial charge < -0.3 is 21.7 Å². The molecule has 1 aromatic heterocycles. The minimum Gasteiger partial charge on any atom is -0.373 e. The van der Waals surface area contributed by atoms with E-state index in [0.29, 0.717) is 18.1 Å². The van der Waals surface area contributed by atoms with E-state index in [9.17, 15) is 9.59 Å². The van der Waals surface area contributed by atoms with Crippen molar-refractivity contribution in [2.24, 2.45) is 5.73 Å². The number of aromatic nitrogens is 1. The van der Waals surface area contributed by atoms with Gasteiger partial charge in [0.25, 0.3) is 5.91 Å². The van der Waals surface area contributed by atoms with Gasteiger partial charge in [0.15, 0.2) is 0 Å². The molecule has 1 aromatic rings. The van der Waals surface area contributed by atoms with Gasteiger partial charge >= 0.3 is 6.03 Å². The first-order chi connectivity index (χ1) is 8.13. The molecule has 1 heterocycles. The highest BCUT2D eigenvalue weighted by Gasteiger charge is 2.06. The van der Waals surface area contributed by atoms with Crippen molar-refractivity contribution in [1.82, 2.24) is 15.6 Å². The number of amides is 3. The zero-order chi connectivity index (χ0) is 12.7. The summed E-state index contributed by atoms with van der Waals surface area (Å²) in [6.07, 6.45) is 0. The molecule has 92 valence electrons. The van der Waals surface area contributed by atoms with Crippen molar-refractivity contribution in [2.45, 2.75) is 0 Å². The van der Waals surface area contributed by atoms with E-state index in [2.05, 4.69) is 20.9 Å². The summed E-state index contributed by atoms with van der Waals surface area (Å²) in [6.45, 7) is 0.583. The number of nitrogens with zero attached hydrogens (tertiary/aromatic N) is 1. The van der Waals surface area contributed by atoms with Crippen molar-refractivity contribution in [3.8, 4) is 0 Å². The fourth-order valence-electron chi connectivity index (χ4n) is 1.15. The molecule has 7 heteroatoms. The Bertz CT molecular complexity index is 407. The van der Waals surface area contributed by atoms with Gasteiger partial charge in [-0.1, -0.05) is 6.07 Å². The maximum Gasteiger partial charge on any atom is 0.312 e. The number of hydrogen-bond acceptors (Lipinski definition) is 4. The average Bonchev–Trinajstić information content (AvgIpc) is 2.34. The third-order valence-corrected chi connectivity index (χ3v) is 1.95. The van der Waals surface area contributed by atoms with Gasteiger partial charge in [-0.05, 0) is 12.1 Å². The molecule has 0 spiro atoms. The van der Waals surface area contributed by atoms with Crippen LogP contribution in [0, 0.1) is 0 Å². The van der Waals surface area contributed by atoms with Crippen LogP contribution in [0.15, 0.2) is 18.2 Å². The van der Waals surface area contributed by atoms with Crippen molar-refractivity contribution in [3.63, 3.8) is 0 Å². The first kappa shape index (κ1) is 12.8. The number of carbonyl (C=O) groups excluding carboxylic acids is 2. The van der Waals surface area contributed by atoms with E-state index in [1.807, 2.05) is 0 Å². The van der Waals surface area contributed by atoms with E-state index < -0.39 is 6.03 Å². The van der Waals surface area contributed by atoms with Crippen molar-refractivity contribution < 1.29 is 9.59 Å². The Morgan fingerprint density at radius 1 is 1.29 bits per heavy atom. The van der Waals surface area contributed by atoms with Gasteiger partial charge in [-0.3, -0.25) is 4.79 Å². The Morgan fingerprint density at radius 2 is 2.00 bits per heavy atom. The van der Waals surface area contributed by atoms with Gasteiger partial charge in [0.1, 0.15) is 11.5 Å². The zero-order valence-electron chi connectivity index (χ0n) is 9.49.